The van der Waals surface area contributed by atoms with E-state index in [0.717, 1.165) is 5.56 Å². The van der Waals surface area contributed by atoms with Gasteiger partial charge in [0, 0.05) is 42.2 Å². The number of nitrogens with two attached hydrogens (primary N) is 1. The molecule has 2 N–H and O–H groups in total. The predicted octanol–water partition coefficient (Wildman–Crippen LogP) is 3.25. The fourth-order valence-electron chi connectivity index (χ4n) is 3.73. The first-order valence-electron chi connectivity index (χ1n) is 8.69. The summed E-state index contributed by atoms with van der Waals surface area (Å²) in [7, 11) is 0. The van der Waals surface area contributed by atoms with Crippen molar-refractivity contribution in [2.75, 3.05) is 13.1 Å². The molecule has 1 aliphatic heterocycles. The summed E-state index contributed by atoms with van der Waals surface area (Å²) in [6.45, 7) is 2.89. The number of hydrogen-bond acceptors (Lipinski definition) is 3. The summed E-state index contributed by atoms with van der Waals surface area (Å²) in [4.78, 5) is 19.3. The van der Waals surface area contributed by atoms with Gasteiger partial charge in [0.15, 0.2) is 0 Å². The van der Waals surface area contributed by atoms with Crippen LogP contribution in [0.25, 0.3) is 10.9 Å². The van der Waals surface area contributed by atoms with Crippen LogP contribution in [-0.4, -0.2) is 34.9 Å². The quantitative estimate of drug-likeness (QED) is 0.773. The number of rotatable bonds is 2. The Morgan fingerprint density at radius 2 is 1.92 bits per heavy atom. The number of likely N-dealkylation sites (tertiary alicyclic amines) is 1. The second-order valence-corrected chi connectivity index (χ2v) is 6.86. The Bertz CT molecular complexity index is 968. The van der Waals surface area contributed by atoms with E-state index in [1.165, 1.54) is 12.1 Å². The van der Waals surface area contributed by atoms with Crippen LogP contribution in [0, 0.1) is 12.7 Å². The van der Waals surface area contributed by atoms with Gasteiger partial charge < -0.3 is 10.6 Å². The Morgan fingerprint density at radius 1 is 1.15 bits per heavy atom. The van der Waals surface area contributed by atoms with Gasteiger partial charge in [0.2, 0.25) is 0 Å². The zero-order valence-electron chi connectivity index (χ0n) is 14.5. The first-order chi connectivity index (χ1) is 12.5. The molecule has 1 saturated heterocycles. The lowest BCUT2D eigenvalue weighted by Crippen LogP contribution is -2.32. The van der Waals surface area contributed by atoms with E-state index in [0.29, 0.717) is 35.2 Å². The lowest BCUT2D eigenvalue weighted by atomic mass is 9.95. The van der Waals surface area contributed by atoms with Crippen LogP contribution >= 0.6 is 0 Å². The molecule has 1 aliphatic rings. The van der Waals surface area contributed by atoms with Crippen molar-refractivity contribution in [3.8, 4) is 0 Å². The van der Waals surface area contributed by atoms with Gasteiger partial charge in [-0.15, -0.1) is 0 Å². The molecule has 4 nitrogen and oxygen atoms in total. The second kappa shape index (κ2) is 6.50. The number of carbonyl (C=O) groups is 1. The minimum Gasteiger partial charge on any atom is -0.336 e. The smallest absolute Gasteiger partial charge is 0.254 e. The van der Waals surface area contributed by atoms with E-state index in [4.69, 9.17) is 5.73 Å². The van der Waals surface area contributed by atoms with Crippen LogP contribution in [0.3, 0.4) is 0 Å². The van der Waals surface area contributed by atoms with Crippen molar-refractivity contribution in [1.29, 1.82) is 0 Å². The molecule has 0 spiro atoms. The normalized spacial score (nSPS) is 19.9. The number of halogens is 1. The standard InChI is InChI=1S/C21H20FN3O/c1-13-9-17(16-8-7-15(22)10-20(16)24-13)21(26)25-11-18(19(23)12-25)14-5-3-2-4-6-14/h2-10,18-19H,11-12,23H2,1H3/t18-,19+/m1/s1. The van der Waals surface area contributed by atoms with E-state index in [9.17, 15) is 9.18 Å². The third-order valence-corrected chi connectivity index (χ3v) is 5.01. The molecule has 2 aromatic carbocycles. The molecule has 1 fully saturated rings. The van der Waals surface area contributed by atoms with E-state index >= 15 is 0 Å². The summed E-state index contributed by atoms with van der Waals surface area (Å²) in [5.74, 6) is -0.325. The van der Waals surface area contributed by atoms with Gasteiger partial charge in [-0.2, -0.15) is 0 Å². The van der Waals surface area contributed by atoms with Gasteiger partial charge in [0.1, 0.15) is 5.82 Å². The van der Waals surface area contributed by atoms with Crippen molar-refractivity contribution in [3.63, 3.8) is 0 Å². The number of fused-ring (bicyclic) bond motifs is 1. The number of amides is 1. The van der Waals surface area contributed by atoms with Crippen LogP contribution < -0.4 is 5.73 Å². The molecular weight excluding hydrogens is 329 g/mol. The molecule has 1 aromatic heterocycles. The zero-order chi connectivity index (χ0) is 18.3. The molecule has 132 valence electrons. The summed E-state index contributed by atoms with van der Waals surface area (Å²) in [6.07, 6.45) is 0. The molecule has 4 rings (SSSR count). The minimum absolute atomic E-state index is 0.0824. The highest BCUT2D eigenvalue weighted by atomic mass is 19.1. The molecule has 0 bridgehead atoms. The molecule has 3 aromatic rings. The largest absolute Gasteiger partial charge is 0.336 e. The van der Waals surface area contributed by atoms with E-state index < -0.39 is 0 Å². The van der Waals surface area contributed by atoms with Crippen molar-refractivity contribution in [2.24, 2.45) is 5.73 Å². The van der Waals surface area contributed by atoms with Crippen LogP contribution in [0.2, 0.25) is 0 Å². The number of carbonyl (C=O) groups excluding carboxylic acids is 1. The minimum atomic E-state index is -0.360. The van der Waals surface area contributed by atoms with Gasteiger partial charge in [0.25, 0.3) is 5.91 Å². The predicted molar refractivity (Wildman–Crippen MR) is 99.5 cm³/mol. The Hall–Kier alpha value is -2.79. The van der Waals surface area contributed by atoms with E-state index in [-0.39, 0.29) is 23.7 Å². The third kappa shape index (κ3) is 2.95. The number of benzene rings is 2. The molecule has 0 unspecified atom stereocenters. The SMILES string of the molecule is Cc1cc(C(=O)N2C[C@H](c3ccccc3)[C@@H](N)C2)c2ccc(F)cc2n1. The molecule has 1 amide bonds. The number of hydrogen-bond donors (Lipinski definition) is 1. The molecular formula is C21H20FN3O. The fraction of sp³-hybridized carbons (Fsp3) is 0.238. The molecule has 0 radical (unpaired) electrons. The summed E-state index contributed by atoms with van der Waals surface area (Å²) in [5.41, 5.74) is 9.21. The fourth-order valence-corrected chi connectivity index (χ4v) is 3.73. The topological polar surface area (TPSA) is 59.2 Å². The maximum absolute atomic E-state index is 13.5. The van der Waals surface area contributed by atoms with Crippen molar-refractivity contribution < 1.29 is 9.18 Å². The van der Waals surface area contributed by atoms with Crippen LogP contribution in [0.15, 0.2) is 54.6 Å². The Balaban J connectivity index is 1.68. The van der Waals surface area contributed by atoms with Gasteiger partial charge >= 0.3 is 0 Å². The lowest BCUT2D eigenvalue weighted by Gasteiger charge is -2.18. The first-order valence-corrected chi connectivity index (χ1v) is 8.69. The average Bonchev–Trinajstić information content (AvgIpc) is 3.02. The highest BCUT2D eigenvalue weighted by Gasteiger charge is 2.34. The maximum Gasteiger partial charge on any atom is 0.254 e. The maximum atomic E-state index is 13.5. The Kier molecular flexibility index (Phi) is 4.17. The third-order valence-electron chi connectivity index (χ3n) is 5.01. The van der Waals surface area contributed by atoms with Crippen LogP contribution in [0.5, 0.6) is 0 Å². The van der Waals surface area contributed by atoms with Crippen LogP contribution in [-0.2, 0) is 0 Å². The Labute approximate surface area is 151 Å². The number of aryl methyl sites for hydroxylation is 1. The molecule has 0 aliphatic carbocycles. The van der Waals surface area contributed by atoms with Crippen LogP contribution in [0.1, 0.15) is 27.5 Å². The van der Waals surface area contributed by atoms with Gasteiger partial charge in [0.05, 0.1) is 11.1 Å². The molecule has 2 atom stereocenters. The molecule has 0 saturated carbocycles. The zero-order valence-corrected chi connectivity index (χ0v) is 14.5. The molecule has 5 heteroatoms. The molecule has 2 heterocycles. The van der Waals surface area contributed by atoms with Crippen molar-refractivity contribution >= 4 is 16.8 Å². The van der Waals surface area contributed by atoms with E-state index in [2.05, 4.69) is 4.98 Å². The summed E-state index contributed by atoms with van der Waals surface area (Å²) >= 11 is 0. The van der Waals surface area contributed by atoms with Gasteiger partial charge in [-0.3, -0.25) is 9.78 Å². The van der Waals surface area contributed by atoms with Crippen molar-refractivity contribution in [1.82, 2.24) is 9.88 Å². The summed E-state index contributed by atoms with van der Waals surface area (Å²) < 4.78 is 13.5. The molecule has 26 heavy (non-hydrogen) atoms. The number of nitrogens with zero attached hydrogens (tertiary/aromatic N) is 2. The van der Waals surface area contributed by atoms with Crippen molar-refractivity contribution in [3.05, 3.63) is 77.2 Å². The lowest BCUT2D eigenvalue weighted by molar-refractivity contribution is 0.0791. The summed E-state index contributed by atoms with van der Waals surface area (Å²) in [5, 5.41) is 0.665. The first kappa shape index (κ1) is 16.7. The van der Waals surface area contributed by atoms with Gasteiger partial charge in [-0.25, -0.2) is 4.39 Å². The van der Waals surface area contributed by atoms with E-state index in [1.807, 2.05) is 37.3 Å². The Morgan fingerprint density at radius 3 is 2.69 bits per heavy atom. The number of pyridine rings is 1. The van der Waals surface area contributed by atoms with Gasteiger partial charge in [-0.05, 0) is 30.7 Å². The van der Waals surface area contributed by atoms with Gasteiger partial charge in [-0.1, -0.05) is 30.3 Å². The van der Waals surface area contributed by atoms with Crippen molar-refractivity contribution in [2.45, 2.75) is 18.9 Å². The monoisotopic (exact) mass is 349 g/mol. The average molecular weight is 349 g/mol. The highest BCUT2D eigenvalue weighted by molar-refractivity contribution is 6.06. The van der Waals surface area contributed by atoms with E-state index in [1.54, 1.807) is 17.0 Å². The summed E-state index contributed by atoms with van der Waals surface area (Å²) in [6, 6.07) is 16.0. The highest BCUT2D eigenvalue weighted by Crippen LogP contribution is 2.29. The second-order valence-electron chi connectivity index (χ2n) is 6.86. The van der Waals surface area contributed by atoms with Crippen LogP contribution in [0.4, 0.5) is 4.39 Å². The number of aromatic nitrogens is 1.